The molecule has 1 fully saturated rings. The summed E-state index contributed by atoms with van der Waals surface area (Å²) in [5.74, 6) is -0.792. The fourth-order valence-corrected chi connectivity index (χ4v) is 4.42. The van der Waals surface area contributed by atoms with E-state index >= 15 is 0 Å². The van der Waals surface area contributed by atoms with Crippen LogP contribution in [0.1, 0.15) is 55.3 Å². The molecule has 5 heteroatoms. The lowest BCUT2D eigenvalue weighted by molar-refractivity contribution is -0.145. The monoisotopic (exact) mass is 381 g/mol. The second kappa shape index (κ2) is 6.66. The number of aromatic hydroxyl groups is 1. The zero-order chi connectivity index (χ0) is 20.2. The molecule has 2 N–H and O–H groups in total. The van der Waals surface area contributed by atoms with Gasteiger partial charge in [-0.05, 0) is 79.1 Å². The van der Waals surface area contributed by atoms with Crippen molar-refractivity contribution in [1.82, 2.24) is 4.57 Å². The van der Waals surface area contributed by atoms with Gasteiger partial charge in [-0.3, -0.25) is 4.79 Å². The van der Waals surface area contributed by atoms with Gasteiger partial charge in [-0.25, -0.2) is 4.39 Å². The van der Waals surface area contributed by atoms with E-state index in [0.717, 1.165) is 27.8 Å². The van der Waals surface area contributed by atoms with Gasteiger partial charge < -0.3 is 14.8 Å². The largest absolute Gasteiger partial charge is 0.508 e. The van der Waals surface area contributed by atoms with E-state index in [-0.39, 0.29) is 29.3 Å². The minimum Gasteiger partial charge on any atom is -0.508 e. The van der Waals surface area contributed by atoms with Gasteiger partial charge >= 0.3 is 5.97 Å². The molecule has 0 aliphatic heterocycles. The highest BCUT2D eigenvalue weighted by atomic mass is 19.1. The number of carboxylic acids is 1. The molecule has 0 radical (unpaired) electrons. The van der Waals surface area contributed by atoms with Gasteiger partial charge in [-0.15, -0.1) is 0 Å². The van der Waals surface area contributed by atoms with Gasteiger partial charge in [0.25, 0.3) is 0 Å². The van der Waals surface area contributed by atoms with E-state index in [4.69, 9.17) is 0 Å². The quantitative estimate of drug-likeness (QED) is 0.628. The van der Waals surface area contributed by atoms with Crippen LogP contribution in [0.2, 0.25) is 0 Å². The van der Waals surface area contributed by atoms with Gasteiger partial charge in [0.2, 0.25) is 0 Å². The highest BCUT2D eigenvalue weighted by molar-refractivity contribution is 5.90. The molecule has 0 amide bonds. The predicted octanol–water partition coefficient (Wildman–Crippen LogP) is 5.49. The molecule has 1 aliphatic rings. The minimum absolute atomic E-state index is 0.144. The molecule has 4 rings (SSSR count). The number of phenolic OH excluding ortho intramolecular Hbond substituents is 1. The van der Waals surface area contributed by atoms with Crippen LogP contribution in [0.5, 0.6) is 5.75 Å². The molecular formula is C23H24FNO3. The summed E-state index contributed by atoms with van der Waals surface area (Å²) in [4.78, 5) is 11.3. The molecule has 1 saturated carbocycles. The SMILES string of the molecule is Cc1cc(-n2c(C(C)C)c([C@H]3C[C@@H](C(=O)O)C3)c3cc(O)ccc32)ccc1F. The van der Waals surface area contributed by atoms with Crippen LogP contribution < -0.4 is 0 Å². The number of phenols is 1. The van der Waals surface area contributed by atoms with E-state index in [9.17, 15) is 19.4 Å². The zero-order valence-corrected chi connectivity index (χ0v) is 16.2. The molecule has 1 aliphatic carbocycles. The smallest absolute Gasteiger partial charge is 0.306 e. The Bertz CT molecular complexity index is 1080. The van der Waals surface area contributed by atoms with Crippen molar-refractivity contribution >= 4 is 16.9 Å². The molecule has 2 aromatic carbocycles. The number of hydrogen-bond acceptors (Lipinski definition) is 2. The number of aryl methyl sites for hydroxylation is 1. The van der Waals surface area contributed by atoms with Crippen molar-refractivity contribution in [3.8, 4) is 11.4 Å². The second-order valence-corrected chi connectivity index (χ2v) is 8.13. The summed E-state index contributed by atoms with van der Waals surface area (Å²) < 4.78 is 16.0. The van der Waals surface area contributed by atoms with E-state index in [1.807, 2.05) is 12.1 Å². The third-order valence-corrected chi connectivity index (χ3v) is 5.87. The third kappa shape index (κ3) is 2.86. The standard InChI is InChI=1S/C23H24FNO3/c1-12(2)22-21(14-9-15(10-14)23(27)28)18-11-17(26)5-7-20(18)25(22)16-4-6-19(24)13(3)8-16/h4-8,11-12,14-15,26H,9-10H2,1-3H3,(H,27,28)/t14-,15+. The zero-order valence-electron chi connectivity index (χ0n) is 16.2. The normalized spacial score (nSPS) is 19.2. The maximum Gasteiger partial charge on any atom is 0.306 e. The number of nitrogens with zero attached hydrogens (tertiary/aromatic N) is 1. The Morgan fingerprint density at radius 2 is 1.89 bits per heavy atom. The molecule has 0 spiro atoms. The van der Waals surface area contributed by atoms with Crippen LogP contribution in [0.3, 0.4) is 0 Å². The number of carbonyl (C=O) groups is 1. The Morgan fingerprint density at radius 1 is 1.18 bits per heavy atom. The Balaban J connectivity index is 1.98. The van der Waals surface area contributed by atoms with E-state index in [1.54, 1.807) is 25.1 Å². The molecule has 1 aromatic heterocycles. The summed E-state index contributed by atoms with van der Waals surface area (Å²) in [6, 6.07) is 10.4. The molecule has 1 heterocycles. The Hall–Kier alpha value is -2.82. The minimum atomic E-state index is -0.747. The van der Waals surface area contributed by atoms with Gasteiger partial charge in [0.05, 0.1) is 11.4 Å². The summed E-state index contributed by atoms with van der Waals surface area (Å²) in [7, 11) is 0. The van der Waals surface area contributed by atoms with E-state index in [2.05, 4.69) is 18.4 Å². The molecule has 0 atom stereocenters. The summed E-state index contributed by atoms with van der Waals surface area (Å²) in [5, 5.41) is 20.3. The van der Waals surface area contributed by atoms with Crippen molar-refractivity contribution in [1.29, 1.82) is 0 Å². The number of carboxylic acid groups (broad SMARTS) is 1. The average molecular weight is 381 g/mol. The average Bonchev–Trinajstić information content (AvgIpc) is 2.90. The molecule has 0 unspecified atom stereocenters. The van der Waals surface area contributed by atoms with Crippen LogP contribution in [0.4, 0.5) is 4.39 Å². The van der Waals surface area contributed by atoms with Crippen LogP contribution >= 0.6 is 0 Å². The lowest BCUT2D eigenvalue weighted by Crippen LogP contribution is -2.29. The third-order valence-electron chi connectivity index (χ3n) is 5.87. The van der Waals surface area contributed by atoms with Gasteiger partial charge in [0.15, 0.2) is 0 Å². The Morgan fingerprint density at radius 3 is 2.50 bits per heavy atom. The maximum atomic E-state index is 13.9. The number of hydrogen-bond donors (Lipinski definition) is 2. The summed E-state index contributed by atoms with van der Waals surface area (Å²) in [6.45, 7) is 5.96. The molecule has 146 valence electrons. The van der Waals surface area contributed by atoms with E-state index < -0.39 is 5.97 Å². The summed E-state index contributed by atoms with van der Waals surface area (Å²) >= 11 is 0. The maximum absolute atomic E-state index is 13.9. The molecular weight excluding hydrogens is 357 g/mol. The molecule has 3 aromatic rings. The van der Waals surface area contributed by atoms with Gasteiger partial charge in [0.1, 0.15) is 11.6 Å². The van der Waals surface area contributed by atoms with Crippen LogP contribution in [0.25, 0.3) is 16.6 Å². The topological polar surface area (TPSA) is 62.5 Å². The first-order chi connectivity index (χ1) is 13.3. The Labute approximate surface area is 163 Å². The Kier molecular flexibility index (Phi) is 4.41. The number of fused-ring (bicyclic) bond motifs is 1. The number of benzene rings is 2. The fourth-order valence-electron chi connectivity index (χ4n) is 4.42. The van der Waals surface area contributed by atoms with Crippen molar-refractivity contribution in [3.05, 3.63) is 59.0 Å². The van der Waals surface area contributed by atoms with Crippen LogP contribution in [0.15, 0.2) is 36.4 Å². The van der Waals surface area contributed by atoms with Crippen LogP contribution in [-0.4, -0.2) is 20.7 Å². The van der Waals surface area contributed by atoms with Crippen LogP contribution in [0, 0.1) is 18.7 Å². The first-order valence-electron chi connectivity index (χ1n) is 9.64. The highest BCUT2D eigenvalue weighted by Gasteiger charge is 2.39. The molecule has 4 nitrogen and oxygen atoms in total. The summed E-state index contributed by atoms with van der Waals surface area (Å²) in [5.41, 5.74) is 4.60. The van der Waals surface area contributed by atoms with Crippen molar-refractivity contribution in [2.75, 3.05) is 0 Å². The van der Waals surface area contributed by atoms with Gasteiger partial charge in [-0.1, -0.05) is 13.8 Å². The molecule has 0 saturated heterocycles. The second-order valence-electron chi connectivity index (χ2n) is 8.13. The van der Waals surface area contributed by atoms with Gasteiger partial charge in [-0.2, -0.15) is 0 Å². The molecule has 28 heavy (non-hydrogen) atoms. The lowest BCUT2D eigenvalue weighted by Gasteiger charge is -2.34. The van der Waals surface area contributed by atoms with Crippen LogP contribution in [-0.2, 0) is 4.79 Å². The first-order valence-corrected chi connectivity index (χ1v) is 9.64. The number of aliphatic carboxylic acids is 1. The van der Waals surface area contributed by atoms with Gasteiger partial charge in [0, 0.05) is 16.8 Å². The number of aromatic nitrogens is 1. The van der Waals surface area contributed by atoms with E-state index in [0.29, 0.717) is 18.4 Å². The van der Waals surface area contributed by atoms with E-state index in [1.165, 1.54) is 6.07 Å². The van der Waals surface area contributed by atoms with Crippen molar-refractivity contribution in [2.24, 2.45) is 5.92 Å². The van der Waals surface area contributed by atoms with Crippen molar-refractivity contribution in [2.45, 2.75) is 45.4 Å². The van der Waals surface area contributed by atoms with Crippen molar-refractivity contribution < 1.29 is 19.4 Å². The predicted molar refractivity (Wildman–Crippen MR) is 107 cm³/mol. The number of halogens is 1. The lowest BCUT2D eigenvalue weighted by atomic mass is 9.70. The highest BCUT2D eigenvalue weighted by Crippen LogP contribution is 2.49. The fraction of sp³-hybridized carbons (Fsp3) is 0.348. The summed E-state index contributed by atoms with van der Waals surface area (Å²) in [6.07, 6.45) is 1.21. The first kappa shape index (κ1) is 18.5. The van der Waals surface area contributed by atoms with Crippen molar-refractivity contribution in [3.63, 3.8) is 0 Å². The number of rotatable bonds is 4. The molecule has 0 bridgehead atoms.